The van der Waals surface area contributed by atoms with E-state index in [1.165, 1.54) is 0 Å². The average Bonchev–Trinajstić information content (AvgIpc) is 2.12. The monoisotopic (exact) mass is 244 g/mol. The zero-order valence-electron chi connectivity index (χ0n) is 8.89. The SMILES string of the molecule is CC(=O)CCC(C)c1cc(Cl)cc(Cl)c1. The van der Waals surface area contributed by atoms with Gasteiger partial charge in [0.1, 0.15) is 5.78 Å². The zero-order valence-corrected chi connectivity index (χ0v) is 10.4. The lowest BCUT2D eigenvalue weighted by Gasteiger charge is -2.11. The van der Waals surface area contributed by atoms with Crippen LogP contribution in [-0.4, -0.2) is 5.78 Å². The van der Waals surface area contributed by atoms with Crippen molar-refractivity contribution in [3.05, 3.63) is 33.8 Å². The number of Topliss-reactive ketones (excluding diaryl/α,β-unsaturated/α-hetero) is 1. The summed E-state index contributed by atoms with van der Waals surface area (Å²) in [6.07, 6.45) is 1.44. The summed E-state index contributed by atoms with van der Waals surface area (Å²) < 4.78 is 0. The van der Waals surface area contributed by atoms with Gasteiger partial charge in [0, 0.05) is 16.5 Å². The Balaban J connectivity index is 2.72. The molecular formula is C12H14Cl2O. The minimum Gasteiger partial charge on any atom is -0.300 e. The predicted octanol–water partition coefficient (Wildman–Crippen LogP) is 4.47. The van der Waals surface area contributed by atoms with E-state index in [4.69, 9.17) is 23.2 Å². The summed E-state index contributed by atoms with van der Waals surface area (Å²) in [5, 5.41) is 1.29. The summed E-state index contributed by atoms with van der Waals surface area (Å²) in [5.41, 5.74) is 1.09. The number of hydrogen-bond acceptors (Lipinski definition) is 1. The molecule has 0 radical (unpaired) electrons. The first kappa shape index (κ1) is 12.5. The van der Waals surface area contributed by atoms with Gasteiger partial charge in [-0.05, 0) is 43.0 Å². The van der Waals surface area contributed by atoms with Crippen molar-refractivity contribution in [1.82, 2.24) is 0 Å². The molecule has 0 saturated carbocycles. The smallest absolute Gasteiger partial charge is 0.129 e. The maximum atomic E-state index is 10.9. The number of rotatable bonds is 4. The third-order valence-electron chi connectivity index (χ3n) is 2.38. The van der Waals surface area contributed by atoms with Crippen molar-refractivity contribution in [2.24, 2.45) is 0 Å². The molecular weight excluding hydrogens is 231 g/mol. The van der Waals surface area contributed by atoms with Crippen molar-refractivity contribution in [3.8, 4) is 0 Å². The van der Waals surface area contributed by atoms with E-state index in [1.807, 2.05) is 12.1 Å². The van der Waals surface area contributed by atoms with Crippen LogP contribution in [0.2, 0.25) is 10.0 Å². The van der Waals surface area contributed by atoms with Crippen molar-refractivity contribution in [1.29, 1.82) is 0 Å². The average molecular weight is 245 g/mol. The molecule has 0 aliphatic heterocycles. The van der Waals surface area contributed by atoms with Crippen LogP contribution in [0.3, 0.4) is 0 Å². The Kier molecular flexibility index (Phi) is 4.62. The molecule has 1 rings (SSSR count). The number of carbonyl (C=O) groups excluding carboxylic acids is 1. The Morgan fingerprint density at radius 2 is 1.80 bits per heavy atom. The van der Waals surface area contributed by atoms with Crippen LogP contribution in [0.15, 0.2) is 18.2 Å². The maximum Gasteiger partial charge on any atom is 0.129 e. The fourth-order valence-electron chi connectivity index (χ4n) is 1.45. The molecule has 0 aliphatic rings. The van der Waals surface area contributed by atoms with E-state index in [0.717, 1.165) is 12.0 Å². The van der Waals surface area contributed by atoms with E-state index in [0.29, 0.717) is 22.4 Å². The fraction of sp³-hybridized carbons (Fsp3) is 0.417. The van der Waals surface area contributed by atoms with E-state index >= 15 is 0 Å². The van der Waals surface area contributed by atoms with E-state index in [1.54, 1.807) is 13.0 Å². The quantitative estimate of drug-likeness (QED) is 0.764. The van der Waals surface area contributed by atoms with Gasteiger partial charge in [0.05, 0.1) is 0 Å². The third kappa shape index (κ3) is 4.23. The van der Waals surface area contributed by atoms with Crippen LogP contribution in [0.5, 0.6) is 0 Å². The summed E-state index contributed by atoms with van der Waals surface area (Å²) in [6.45, 7) is 3.68. The van der Waals surface area contributed by atoms with Crippen LogP contribution in [0, 0.1) is 0 Å². The summed E-state index contributed by atoms with van der Waals surface area (Å²) in [7, 11) is 0. The first-order chi connectivity index (χ1) is 6.99. The lowest BCUT2D eigenvalue weighted by molar-refractivity contribution is -0.117. The van der Waals surface area contributed by atoms with Crippen molar-refractivity contribution >= 4 is 29.0 Å². The van der Waals surface area contributed by atoms with Crippen molar-refractivity contribution in [3.63, 3.8) is 0 Å². The molecule has 3 heteroatoms. The van der Waals surface area contributed by atoms with Crippen molar-refractivity contribution in [2.75, 3.05) is 0 Å². The van der Waals surface area contributed by atoms with Gasteiger partial charge in [-0.3, -0.25) is 0 Å². The Morgan fingerprint density at radius 3 is 2.27 bits per heavy atom. The number of hydrogen-bond donors (Lipinski definition) is 0. The van der Waals surface area contributed by atoms with Crippen LogP contribution >= 0.6 is 23.2 Å². The third-order valence-corrected chi connectivity index (χ3v) is 2.82. The summed E-state index contributed by atoms with van der Waals surface area (Å²) in [5.74, 6) is 0.528. The van der Waals surface area contributed by atoms with Gasteiger partial charge in [-0.1, -0.05) is 30.1 Å². The van der Waals surface area contributed by atoms with Gasteiger partial charge >= 0.3 is 0 Å². The second kappa shape index (κ2) is 5.53. The maximum absolute atomic E-state index is 10.9. The molecule has 0 saturated heterocycles. The van der Waals surface area contributed by atoms with Gasteiger partial charge in [0.2, 0.25) is 0 Å². The largest absolute Gasteiger partial charge is 0.300 e. The highest BCUT2D eigenvalue weighted by atomic mass is 35.5. The Labute approximate surface area is 100 Å². The summed E-state index contributed by atoms with van der Waals surface area (Å²) in [4.78, 5) is 10.9. The highest BCUT2D eigenvalue weighted by molar-refractivity contribution is 6.34. The van der Waals surface area contributed by atoms with Crippen LogP contribution < -0.4 is 0 Å². The lowest BCUT2D eigenvalue weighted by atomic mass is 9.95. The highest BCUT2D eigenvalue weighted by Gasteiger charge is 2.08. The second-order valence-corrected chi connectivity index (χ2v) is 4.72. The topological polar surface area (TPSA) is 17.1 Å². The van der Waals surface area contributed by atoms with Gasteiger partial charge in [-0.15, -0.1) is 0 Å². The standard InChI is InChI=1S/C12H14Cl2O/c1-8(3-4-9(2)15)10-5-11(13)7-12(14)6-10/h5-8H,3-4H2,1-2H3. The van der Waals surface area contributed by atoms with Gasteiger partial charge < -0.3 is 4.79 Å². The van der Waals surface area contributed by atoms with E-state index < -0.39 is 0 Å². The van der Waals surface area contributed by atoms with Crippen LogP contribution in [-0.2, 0) is 4.79 Å². The fourth-order valence-corrected chi connectivity index (χ4v) is 1.99. The number of benzene rings is 1. The van der Waals surface area contributed by atoms with E-state index in [2.05, 4.69) is 6.92 Å². The van der Waals surface area contributed by atoms with Gasteiger partial charge in [0.25, 0.3) is 0 Å². The molecule has 0 fully saturated rings. The summed E-state index contributed by atoms with van der Waals surface area (Å²) >= 11 is 11.8. The molecule has 0 heterocycles. The first-order valence-corrected chi connectivity index (χ1v) is 5.70. The molecule has 0 spiro atoms. The highest BCUT2D eigenvalue weighted by Crippen LogP contribution is 2.27. The van der Waals surface area contributed by atoms with Crippen LogP contribution in [0.1, 0.15) is 38.2 Å². The Hall–Kier alpha value is -0.530. The molecule has 0 aromatic heterocycles. The molecule has 1 aromatic rings. The first-order valence-electron chi connectivity index (χ1n) is 4.94. The minimum atomic E-state index is 0.218. The molecule has 1 aromatic carbocycles. The van der Waals surface area contributed by atoms with Gasteiger partial charge in [0.15, 0.2) is 0 Å². The van der Waals surface area contributed by atoms with Crippen molar-refractivity contribution in [2.45, 2.75) is 32.6 Å². The molecule has 0 aliphatic carbocycles. The molecule has 1 nitrogen and oxygen atoms in total. The van der Waals surface area contributed by atoms with Crippen LogP contribution in [0.4, 0.5) is 0 Å². The summed E-state index contributed by atoms with van der Waals surface area (Å²) in [6, 6.07) is 5.51. The van der Waals surface area contributed by atoms with E-state index in [9.17, 15) is 4.79 Å². The van der Waals surface area contributed by atoms with Crippen LogP contribution in [0.25, 0.3) is 0 Å². The van der Waals surface area contributed by atoms with Gasteiger partial charge in [-0.25, -0.2) is 0 Å². The lowest BCUT2D eigenvalue weighted by Crippen LogP contribution is -1.98. The molecule has 0 amide bonds. The number of carbonyl (C=O) groups is 1. The Bertz CT molecular complexity index is 340. The number of ketones is 1. The van der Waals surface area contributed by atoms with Gasteiger partial charge in [-0.2, -0.15) is 0 Å². The minimum absolute atomic E-state index is 0.218. The molecule has 82 valence electrons. The molecule has 0 bridgehead atoms. The molecule has 15 heavy (non-hydrogen) atoms. The Morgan fingerprint density at radius 1 is 1.27 bits per heavy atom. The van der Waals surface area contributed by atoms with E-state index in [-0.39, 0.29) is 5.78 Å². The predicted molar refractivity (Wildman–Crippen MR) is 64.8 cm³/mol. The number of halogens is 2. The normalized spacial score (nSPS) is 12.5. The zero-order chi connectivity index (χ0) is 11.4. The molecule has 0 N–H and O–H groups in total. The van der Waals surface area contributed by atoms with Crippen molar-refractivity contribution < 1.29 is 4.79 Å². The molecule has 1 atom stereocenters. The second-order valence-electron chi connectivity index (χ2n) is 3.84. The molecule has 1 unspecified atom stereocenters.